The van der Waals surface area contributed by atoms with Crippen molar-refractivity contribution in [1.82, 2.24) is 0 Å². The summed E-state index contributed by atoms with van der Waals surface area (Å²) in [6, 6.07) is 0. The molecule has 0 aromatic rings. The van der Waals surface area contributed by atoms with Crippen LogP contribution in [0, 0.1) is 0 Å². The zero-order valence-corrected chi connectivity index (χ0v) is 22.7. The number of allylic oxidation sites excluding steroid dienone is 2. The molecule has 0 aliphatic carbocycles. The highest BCUT2D eigenvalue weighted by Gasteiger charge is 2.25. The van der Waals surface area contributed by atoms with Crippen molar-refractivity contribution in [2.24, 2.45) is 5.73 Å². The topological polar surface area (TPSA) is 134 Å². The summed E-state index contributed by atoms with van der Waals surface area (Å²) < 4.78 is 32.1. The molecule has 0 bridgehead atoms. The first-order valence-electron chi connectivity index (χ1n) is 13.1. The molecule has 0 amide bonds. The summed E-state index contributed by atoms with van der Waals surface area (Å²) in [4.78, 5) is 34.0. The lowest BCUT2D eigenvalue weighted by molar-refractivity contribution is -0.161. The van der Waals surface area contributed by atoms with E-state index in [-0.39, 0.29) is 32.6 Å². The molecule has 2 atom stereocenters. The van der Waals surface area contributed by atoms with Gasteiger partial charge < -0.3 is 20.1 Å². The molecule has 0 aromatic heterocycles. The zero-order valence-electron chi connectivity index (χ0n) is 21.8. The van der Waals surface area contributed by atoms with E-state index in [2.05, 4.69) is 13.0 Å². The van der Waals surface area contributed by atoms with Crippen LogP contribution in [0.5, 0.6) is 0 Å². The second kappa shape index (κ2) is 23.2. The Kier molecular flexibility index (Phi) is 22.3. The van der Waals surface area contributed by atoms with Gasteiger partial charge in [-0.25, -0.2) is 4.57 Å². The molecule has 0 aromatic carbocycles. The van der Waals surface area contributed by atoms with Crippen molar-refractivity contribution in [3.05, 3.63) is 12.2 Å². The average Bonchev–Trinajstić information content (AvgIpc) is 2.83. The van der Waals surface area contributed by atoms with Crippen LogP contribution in [0.25, 0.3) is 0 Å². The number of phosphoric acid groups is 1. The molecule has 0 rings (SSSR count). The molecule has 0 aliphatic heterocycles. The van der Waals surface area contributed by atoms with E-state index in [1.807, 2.05) is 13.0 Å². The van der Waals surface area contributed by atoms with E-state index in [0.717, 1.165) is 57.8 Å². The normalized spacial score (nSPS) is 14.1. The Bertz CT molecular complexity index is 614. The molecule has 1 unspecified atom stereocenters. The number of hydrogen-bond donors (Lipinski definition) is 2. The van der Waals surface area contributed by atoms with Crippen molar-refractivity contribution in [1.29, 1.82) is 0 Å². The number of rotatable bonds is 24. The predicted octanol–water partition coefficient (Wildman–Crippen LogP) is 5.59. The van der Waals surface area contributed by atoms with Crippen LogP contribution in [0.4, 0.5) is 0 Å². The van der Waals surface area contributed by atoms with Gasteiger partial charge in [0.2, 0.25) is 0 Å². The fourth-order valence-corrected chi connectivity index (χ4v) is 4.05. The number of carbonyl (C=O) groups is 2. The second-order valence-corrected chi connectivity index (χ2v) is 10.0. The van der Waals surface area contributed by atoms with Gasteiger partial charge in [0.15, 0.2) is 6.10 Å². The van der Waals surface area contributed by atoms with E-state index in [9.17, 15) is 19.0 Å². The Morgan fingerprint density at radius 2 is 1.49 bits per heavy atom. The van der Waals surface area contributed by atoms with Gasteiger partial charge in [0.25, 0.3) is 0 Å². The Labute approximate surface area is 211 Å². The van der Waals surface area contributed by atoms with Crippen molar-refractivity contribution in [3.63, 3.8) is 0 Å². The molecule has 10 heteroatoms. The van der Waals surface area contributed by atoms with Gasteiger partial charge in [-0.15, -0.1) is 0 Å². The van der Waals surface area contributed by atoms with Crippen molar-refractivity contribution in [2.75, 3.05) is 26.4 Å². The summed E-state index contributed by atoms with van der Waals surface area (Å²) in [5, 5.41) is 0. The van der Waals surface area contributed by atoms with Crippen LogP contribution in [-0.4, -0.2) is 49.3 Å². The van der Waals surface area contributed by atoms with Crippen LogP contribution in [0.15, 0.2) is 12.2 Å². The minimum absolute atomic E-state index is 0.0533. The molecule has 35 heavy (non-hydrogen) atoms. The molecule has 0 radical (unpaired) electrons. The highest BCUT2D eigenvalue weighted by Crippen LogP contribution is 2.43. The van der Waals surface area contributed by atoms with Gasteiger partial charge in [-0.2, -0.15) is 0 Å². The maximum Gasteiger partial charge on any atom is 0.472 e. The van der Waals surface area contributed by atoms with Gasteiger partial charge in [-0.3, -0.25) is 18.6 Å². The van der Waals surface area contributed by atoms with E-state index in [1.165, 1.54) is 12.8 Å². The first-order chi connectivity index (χ1) is 16.8. The molecule has 0 spiro atoms. The summed E-state index contributed by atoms with van der Waals surface area (Å²) in [7, 11) is -4.34. The first-order valence-corrected chi connectivity index (χ1v) is 14.6. The maximum absolute atomic E-state index is 12.3. The minimum atomic E-state index is -4.34. The van der Waals surface area contributed by atoms with E-state index in [0.29, 0.717) is 6.42 Å². The van der Waals surface area contributed by atoms with Crippen molar-refractivity contribution >= 4 is 19.8 Å². The summed E-state index contributed by atoms with van der Waals surface area (Å²) in [6.45, 7) is 3.38. The van der Waals surface area contributed by atoms with E-state index in [4.69, 9.17) is 24.3 Å². The number of esters is 2. The predicted molar refractivity (Wildman–Crippen MR) is 137 cm³/mol. The molecule has 0 saturated carbocycles. The number of ether oxygens (including phenoxy) is 2. The lowest BCUT2D eigenvalue weighted by Crippen LogP contribution is -2.29. The van der Waals surface area contributed by atoms with Gasteiger partial charge in [0.05, 0.1) is 13.2 Å². The minimum Gasteiger partial charge on any atom is -0.462 e. The molecular formula is C25H48NO8P. The quantitative estimate of drug-likeness (QED) is 0.0721. The zero-order chi connectivity index (χ0) is 26.2. The number of hydrogen-bond acceptors (Lipinski definition) is 8. The third-order valence-electron chi connectivity index (χ3n) is 5.25. The Balaban J connectivity index is 4.43. The molecule has 206 valence electrons. The highest BCUT2D eigenvalue weighted by molar-refractivity contribution is 7.47. The third kappa shape index (κ3) is 22.9. The first kappa shape index (κ1) is 33.8. The molecule has 3 N–H and O–H groups in total. The average molecular weight is 522 g/mol. The molecule has 0 fully saturated rings. The highest BCUT2D eigenvalue weighted by atomic mass is 31.2. The van der Waals surface area contributed by atoms with Crippen LogP contribution < -0.4 is 5.73 Å². The van der Waals surface area contributed by atoms with Gasteiger partial charge >= 0.3 is 19.8 Å². The van der Waals surface area contributed by atoms with Gasteiger partial charge in [0, 0.05) is 19.4 Å². The van der Waals surface area contributed by atoms with Gasteiger partial charge in [-0.05, 0) is 32.6 Å². The van der Waals surface area contributed by atoms with Crippen molar-refractivity contribution < 1.29 is 37.6 Å². The standard InChI is InChI=1S/C25H48NO8P/c1-3-5-7-9-11-12-14-16-18-25(28)34-23(22-33-35(29,30)32-20-19-26)21-31-24(27)17-15-13-10-8-6-4-2/h3,5,23H,4,6-22,26H2,1-2H3,(H,29,30)/b5-3-/t23-/m1/s1. The second-order valence-electron chi connectivity index (χ2n) is 8.57. The van der Waals surface area contributed by atoms with Crippen LogP contribution in [-0.2, 0) is 32.7 Å². The largest absolute Gasteiger partial charge is 0.472 e. The van der Waals surface area contributed by atoms with E-state index < -0.39 is 32.5 Å². The third-order valence-corrected chi connectivity index (χ3v) is 6.23. The monoisotopic (exact) mass is 521 g/mol. The number of nitrogens with two attached hydrogens (primary N) is 1. The molecule has 0 saturated heterocycles. The lowest BCUT2D eigenvalue weighted by atomic mass is 10.1. The van der Waals surface area contributed by atoms with Gasteiger partial charge in [0.1, 0.15) is 6.61 Å². The molecular weight excluding hydrogens is 473 g/mol. The van der Waals surface area contributed by atoms with E-state index in [1.54, 1.807) is 0 Å². The SMILES string of the molecule is C/C=C\CCCCCCCC(=O)O[C@H](COC(=O)CCCCCCCC)COP(=O)(O)OCCN. The Hall–Kier alpha value is -1.25. The summed E-state index contributed by atoms with van der Waals surface area (Å²) in [5.41, 5.74) is 5.27. The molecule has 0 heterocycles. The Morgan fingerprint density at radius 3 is 2.11 bits per heavy atom. The number of phosphoric ester groups is 1. The fourth-order valence-electron chi connectivity index (χ4n) is 3.28. The lowest BCUT2D eigenvalue weighted by Gasteiger charge is -2.19. The van der Waals surface area contributed by atoms with Crippen LogP contribution in [0.1, 0.15) is 104 Å². The Morgan fingerprint density at radius 1 is 0.886 bits per heavy atom. The van der Waals surface area contributed by atoms with Crippen molar-refractivity contribution in [3.8, 4) is 0 Å². The van der Waals surface area contributed by atoms with Crippen LogP contribution >= 0.6 is 7.82 Å². The summed E-state index contributed by atoms with van der Waals surface area (Å²) >= 11 is 0. The molecule has 9 nitrogen and oxygen atoms in total. The molecule has 0 aliphatic rings. The number of unbranched alkanes of at least 4 members (excludes halogenated alkanes) is 10. The van der Waals surface area contributed by atoms with Gasteiger partial charge in [-0.1, -0.05) is 70.4 Å². The smallest absolute Gasteiger partial charge is 0.462 e. The fraction of sp³-hybridized carbons (Fsp3) is 0.840. The number of carbonyl (C=O) groups excluding carboxylic acids is 2. The van der Waals surface area contributed by atoms with Crippen LogP contribution in [0.2, 0.25) is 0 Å². The summed E-state index contributed by atoms with van der Waals surface area (Å²) in [6.07, 6.45) is 15.9. The van der Waals surface area contributed by atoms with Crippen LogP contribution in [0.3, 0.4) is 0 Å². The summed E-state index contributed by atoms with van der Waals surface area (Å²) in [5.74, 6) is -0.860. The van der Waals surface area contributed by atoms with E-state index >= 15 is 0 Å². The van der Waals surface area contributed by atoms with Crippen molar-refractivity contribution in [2.45, 2.75) is 110 Å². The maximum atomic E-state index is 12.3.